The summed E-state index contributed by atoms with van der Waals surface area (Å²) in [6.45, 7) is 5.79. The SMILES string of the molecule is CC(C)CC(NCCN(C)C)(C(N)=O)c1ccccc1. The Balaban J connectivity index is 3.05. The van der Waals surface area contributed by atoms with Crippen LogP contribution in [0.1, 0.15) is 25.8 Å². The van der Waals surface area contributed by atoms with Crippen LogP contribution in [0.2, 0.25) is 0 Å². The first-order chi connectivity index (χ1) is 9.38. The van der Waals surface area contributed by atoms with Crippen LogP contribution < -0.4 is 11.1 Å². The Morgan fingerprint density at radius 2 is 1.90 bits per heavy atom. The Bertz CT molecular complexity index is 417. The van der Waals surface area contributed by atoms with E-state index in [0.717, 1.165) is 18.7 Å². The van der Waals surface area contributed by atoms with Crippen molar-refractivity contribution in [3.63, 3.8) is 0 Å². The van der Waals surface area contributed by atoms with Crippen molar-refractivity contribution >= 4 is 5.91 Å². The van der Waals surface area contributed by atoms with Crippen LogP contribution in [0.3, 0.4) is 0 Å². The van der Waals surface area contributed by atoms with Crippen molar-refractivity contribution in [1.29, 1.82) is 0 Å². The fraction of sp³-hybridized carbons (Fsp3) is 0.562. The fourth-order valence-corrected chi connectivity index (χ4v) is 2.45. The summed E-state index contributed by atoms with van der Waals surface area (Å²) < 4.78 is 0. The van der Waals surface area contributed by atoms with E-state index in [9.17, 15) is 4.79 Å². The van der Waals surface area contributed by atoms with E-state index in [4.69, 9.17) is 5.73 Å². The number of carbonyl (C=O) groups excluding carboxylic acids is 1. The van der Waals surface area contributed by atoms with Gasteiger partial charge in [-0.25, -0.2) is 0 Å². The molecule has 0 aliphatic carbocycles. The van der Waals surface area contributed by atoms with Gasteiger partial charge in [-0.15, -0.1) is 0 Å². The number of likely N-dealkylation sites (N-methyl/N-ethyl adjacent to an activating group) is 1. The van der Waals surface area contributed by atoms with Crippen LogP contribution in [0.15, 0.2) is 30.3 Å². The molecule has 0 aliphatic rings. The van der Waals surface area contributed by atoms with Crippen molar-refractivity contribution in [2.45, 2.75) is 25.8 Å². The van der Waals surface area contributed by atoms with Crippen molar-refractivity contribution in [2.24, 2.45) is 11.7 Å². The fourth-order valence-electron chi connectivity index (χ4n) is 2.45. The number of nitrogens with one attached hydrogen (secondary N) is 1. The molecule has 4 heteroatoms. The lowest BCUT2D eigenvalue weighted by molar-refractivity contribution is -0.125. The third kappa shape index (κ3) is 4.32. The zero-order valence-corrected chi connectivity index (χ0v) is 13.0. The zero-order chi connectivity index (χ0) is 15.2. The molecule has 1 rings (SSSR count). The highest BCUT2D eigenvalue weighted by molar-refractivity contribution is 5.86. The molecule has 1 amide bonds. The molecule has 1 atom stereocenters. The third-order valence-corrected chi connectivity index (χ3v) is 3.39. The number of amides is 1. The predicted octanol–water partition coefficient (Wildman–Crippen LogP) is 1.56. The number of rotatable bonds is 8. The average molecular weight is 277 g/mol. The highest BCUT2D eigenvalue weighted by atomic mass is 16.1. The number of carbonyl (C=O) groups is 1. The molecule has 1 aromatic carbocycles. The molecule has 112 valence electrons. The number of hydrogen-bond donors (Lipinski definition) is 2. The molecule has 0 spiro atoms. The van der Waals surface area contributed by atoms with Gasteiger partial charge in [-0.1, -0.05) is 44.2 Å². The first kappa shape index (κ1) is 16.7. The molecule has 0 aliphatic heterocycles. The molecule has 0 fully saturated rings. The monoisotopic (exact) mass is 277 g/mol. The zero-order valence-electron chi connectivity index (χ0n) is 13.0. The van der Waals surface area contributed by atoms with Crippen molar-refractivity contribution in [3.8, 4) is 0 Å². The minimum absolute atomic E-state index is 0.309. The van der Waals surface area contributed by atoms with Crippen LogP contribution in [0.25, 0.3) is 0 Å². The summed E-state index contributed by atoms with van der Waals surface area (Å²) in [6, 6.07) is 9.78. The summed E-state index contributed by atoms with van der Waals surface area (Å²) in [5.74, 6) is 0.0609. The second kappa shape index (κ2) is 7.41. The maximum Gasteiger partial charge on any atom is 0.242 e. The number of primary amides is 1. The van der Waals surface area contributed by atoms with Crippen molar-refractivity contribution in [3.05, 3.63) is 35.9 Å². The van der Waals surface area contributed by atoms with Crippen LogP contribution in [0.5, 0.6) is 0 Å². The normalized spacial score (nSPS) is 14.5. The lowest BCUT2D eigenvalue weighted by Crippen LogP contribution is -2.54. The molecule has 3 N–H and O–H groups in total. The van der Waals surface area contributed by atoms with Gasteiger partial charge in [0.15, 0.2) is 0 Å². The molecule has 0 saturated heterocycles. The summed E-state index contributed by atoms with van der Waals surface area (Å²) >= 11 is 0. The molecule has 1 unspecified atom stereocenters. The molecule has 0 heterocycles. The van der Waals surface area contributed by atoms with Gasteiger partial charge in [0, 0.05) is 13.1 Å². The number of benzene rings is 1. The van der Waals surface area contributed by atoms with E-state index in [1.807, 2.05) is 44.4 Å². The molecule has 0 radical (unpaired) electrons. The minimum Gasteiger partial charge on any atom is -0.368 e. The largest absolute Gasteiger partial charge is 0.368 e. The van der Waals surface area contributed by atoms with Gasteiger partial charge in [-0.3, -0.25) is 10.1 Å². The van der Waals surface area contributed by atoms with E-state index in [0.29, 0.717) is 12.3 Å². The molecule has 0 bridgehead atoms. The van der Waals surface area contributed by atoms with Gasteiger partial charge >= 0.3 is 0 Å². The third-order valence-electron chi connectivity index (χ3n) is 3.39. The second-order valence-corrected chi connectivity index (χ2v) is 5.96. The van der Waals surface area contributed by atoms with E-state index in [-0.39, 0.29) is 5.91 Å². The highest BCUT2D eigenvalue weighted by Crippen LogP contribution is 2.28. The Hall–Kier alpha value is -1.39. The van der Waals surface area contributed by atoms with E-state index < -0.39 is 5.54 Å². The first-order valence-electron chi connectivity index (χ1n) is 7.13. The second-order valence-electron chi connectivity index (χ2n) is 5.96. The Morgan fingerprint density at radius 1 is 1.30 bits per heavy atom. The maximum absolute atomic E-state index is 12.2. The quantitative estimate of drug-likeness (QED) is 0.758. The summed E-state index contributed by atoms with van der Waals surface area (Å²) in [5, 5.41) is 3.40. The van der Waals surface area contributed by atoms with E-state index >= 15 is 0 Å². The van der Waals surface area contributed by atoms with E-state index in [1.54, 1.807) is 0 Å². The van der Waals surface area contributed by atoms with Gasteiger partial charge in [0.05, 0.1) is 0 Å². The Labute approximate surface area is 122 Å². The molecule has 4 nitrogen and oxygen atoms in total. The van der Waals surface area contributed by atoms with Gasteiger partial charge < -0.3 is 10.6 Å². The molecule has 0 saturated carbocycles. The summed E-state index contributed by atoms with van der Waals surface area (Å²) in [7, 11) is 4.02. The maximum atomic E-state index is 12.2. The smallest absolute Gasteiger partial charge is 0.242 e. The highest BCUT2D eigenvalue weighted by Gasteiger charge is 2.38. The van der Waals surface area contributed by atoms with Crippen LogP contribution in [0.4, 0.5) is 0 Å². The molecule has 1 aromatic rings. The van der Waals surface area contributed by atoms with Crippen molar-refractivity contribution in [2.75, 3.05) is 27.2 Å². The van der Waals surface area contributed by atoms with Gasteiger partial charge in [-0.05, 0) is 32.0 Å². The van der Waals surface area contributed by atoms with Crippen LogP contribution in [-0.4, -0.2) is 38.0 Å². The summed E-state index contributed by atoms with van der Waals surface area (Å²) in [5.41, 5.74) is 5.91. The lowest BCUT2D eigenvalue weighted by atomic mass is 9.81. The predicted molar refractivity (Wildman–Crippen MR) is 83.3 cm³/mol. The minimum atomic E-state index is -0.786. The molecule has 0 aromatic heterocycles. The van der Waals surface area contributed by atoms with E-state index in [2.05, 4.69) is 24.1 Å². The van der Waals surface area contributed by atoms with Crippen LogP contribution in [0, 0.1) is 5.92 Å². The van der Waals surface area contributed by atoms with Gasteiger partial charge in [0.1, 0.15) is 5.54 Å². The van der Waals surface area contributed by atoms with Gasteiger partial charge in [-0.2, -0.15) is 0 Å². The lowest BCUT2D eigenvalue weighted by Gasteiger charge is -2.34. The molecular weight excluding hydrogens is 250 g/mol. The molecule has 20 heavy (non-hydrogen) atoms. The topological polar surface area (TPSA) is 58.4 Å². The first-order valence-corrected chi connectivity index (χ1v) is 7.13. The Morgan fingerprint density at radius 3 is 2.35 bits per heavy atom. The molecular formula is C16H27N3O. The summed E-state index contributed by atoms with van der Waals surface area (Å²) in [4.78, 5) is 14.3. The van der Waals surface area contributed by atoms with E-state index in [1.165, 1.54) is 0 Å². The number of nitrogens with zero attached hydrogens (tertiary/aromatic N) is 1. The Kier molecular flexibility index (Phi) is 6.17. The van der Waals surface area contributed by atoms with Crippen LogP contribution >= 0.6 is 0 Å². The number of hydrogen-bond acceptors (Lipinski definition) is 3. The van der Waals surface area contributed by atoms with Crippen LogP contribution in [-0.2, 0) is 10.3 Å². The number of nitrogens with two attached hydrogens (primary N) is 1. The van der Waals surface area contributed by atoms with Crippen molar-refractivity contribution < 1.29 is 4.79 Å². The standard InChI is InChI=1S/C16H27N3O/c1-13(2)12-16(15(17)20,18-10-11-19(3)4)14-8-6-5-7-9-14/h5-9,13,18H,10-12H2,1-4H3,(H2,17,20). The van der Waals surface area contributed by atoms with Gasteiger partial charge in [0.2, 0.25) is 5.91 Å². The van der Waals surface area contributed by atoms with Gasteiger partial charge in [0.25, 0.3) is 0 Å². The summed E-state index contributed by atoms with van der Waals surface area (Å²) in [6.07, 6.45) is 0.694. The van der Waals surface area contributed by atoms with Crippen molar-refractivity contribution in [1.82, 2.24) is 10.2 Å². The average Bonchev–Trinajstić information content (AvgIpc) is 2.37.